The van der Waals surface area contributed by atoms with Crippen LogP contribution in [0.15, 0.2) is 60.3 Å². The number of rotatable bonds is 6. The second-order valence-electron chi connectivity index (χ2n) is 6.15. The molecule has 1 atom stereocenters. The molecule has 1 aliphatic rings. The molecule has 0 aliphatic carbocycles. The summed E-state index contributed by atoms with van der Waals surface area (Å²) in [6, 6.07) is 13.5. The highest BCUT2D eigenvalue weighted by Gasteiger charge is 2.26. The molecular formula is C21H20N4O3S. The van der Waals surface area contributed by atoms with Crippen LogP contribution in [0.5, 0.6) is 17.4 Å². The number of aromatic nitrogens is 3. The third kappa shape index (κ3) is 3.84. The number of thioether (sulfide) groups is 1. The van der Waals surface area contributed by atoms with Gasteiger partial charge in [-0.15, -0.1) is 16.8 Å². The number of para-hydroxylation sites is 1. The van der Waals surface area contributed by atoms with E-state index < -0.39 is 6.23 Å². The molecule has 3 aromatic rings. The molecule has 1 N–H and O–H groups in total. The lowest BCUT2D eigenvalue weighted by Gasteiger charge is -2.20. The Hall–Kier alpha value is -3.26. The average molecular weight is 408 g/mol. The molecule has 4 rings (SSSR count). The van der Waals surface area contributed by atoms with Crippen molar-refractivity contribution in [2.75, 3.05) is 25.3 Å². The van der Waals surface area contributed by atoms with Crippen LogP contribution in [0.2, 0.25) is 0 Å². The fraction of sp³-hybridized carbons (Fsp3) is 0.190. The van der Waals surface area contributed by atoms with Crippen LogP contribution in [0, 0.1) is 0 Å². The van der Waals surface area contributed by atoms with Crippen molar-refractivity contribution in [1.82, 2.24) is 15.2 Å². The predicted molar refractivity (Wildman–Crippen MR) is 113 cm³/mol. The van der Waals surface area contributed by atoms with Gasteiger partial charge in [0.05, 0.1) is 14.2 Å². The third-order valence-electron chi connectivity index (χ3n) is 4.37. The van der Waals surface area contributed by atoms with E-state index in [0.717, 1.165) is 16.8 Å². The molecule has 1 aliphatic heterocycles. The molecule has 2 aromatic carbocycles. The van der Waals surface area contributed by atoms with Gasteiger partial charge in [0.2, 0.25) is 11.0 Å². The number of ether oxygens (including phenoxy) is 3. The molecule has 0 unspecified atom stereocenters. The zero-order chi connectivity index (χ0) is 20.2. The van der Waals surface area contributed by atoms with Crippen LogP contribution >= 0.6 is 11.8 Å². The summed E-state index contributed by atoms with van der Waals surface area (Å²) in [5.74, 6) is 2.38. The summed E-state index contributed by atoms with van der Waals surface area (Å²) in [4.78, 5) is 4.59. The first-order valence-electron chi connectivity index (χ1n) is 8.96. The molecule has 0 bridgehead atoms. The fourth-order valence-corrected chi connectivity index (χ4v) is 3.52. The van der Waals surface area contributed by atoms with Crippen molar-refractivity contribution < 1.29 is 14.2 Å². The molecule has 0 fully saturated rings. The SMILES string of the molecule is C=CCSc1nnc2c(n1)O[C@@H](c1ccc(OC)c(OC)c1)Nc1ccccc1-2. The number of anilines is 1. The van der Waals surface area contributed by atoms with E-state index in [9.17, 15) is 0 Å². The summed E-state index contributed by atoms with van der Waals surface area (Å²) in [5, 5.41) is 12.6. The van der Waals surface area contributed by atoms with E-state index in [-0.39, 0.29) is 0 Å². The molecule has 2 heterocycles. The standard InChI is InChI=1S/C21H20N4O3S/c1-4-11-29-21-23-20-18(24-25-21)14-7-5-6-8-15(14)22-19(28-20)13-9-10-16(26-2)17(12-13)27-3/h4-10,12,19,22H,1,11H2,2-3H3/t19-/m0/s1. The summed E-state index contributed by atoms with van der Waals surface area (Å²) in [6.07, 6.45) is 1.30. The lowest BCUT2D eigenvalue weighted by molar-refractivity contribution is 0.224. The van der Waals surface area contributed by atoms with Gasteiger partial charge in [0.15, 0.2) is 23.4 Å². The number of hydrogen-bond donors (Lipinski definition) is 1. The number of nitrogens with zero attached hydrogens (tertiary/aromatic N) is 3. The van der Waals surface area contributed by atoms with E-state index in [0.29, 0.717) is 34.0 Å². The van der Waals surface area contributed by atoms with Crippen LogP contribution < -0.4 is 19.5 Å². The number of methoxy groups -OCH3 is 2. The van der Waals surface area contributed by atoms with Crippen LogP contribution in [0.1, 0.15) is 11.8 Å². The molecule has 0 saturated carbocycles. The maximum atomic E-state index is 6.26. The normalized spacial score (nSPS) is 14.5. The molecule has 0 saturated heterocycles. The van der Waals surface area contributed by atoms with Gasteiger partial charge in [0.25, 0.3) is 0 Å². The van der Waals surface area contributed by atoms with E-state index in [1.165, 1.54) is 11.8 Å². The van der Waals surface area contributed by atoms with Crippen molar-refractivity contribution in [3.63, 3.8) is 0 Å². The quantitative estimate of drug-likeness (QED) is 0.477. The highest BCUT2D eigenvalue weighted by atomic mass is 32.2. The van der Waals surface area contributed by atoms with Gasteiger partial charge in [-0.25, -0.2) is 0 Å². The Morgan fingerprint density at radius 1 is 1.14 bits per heavy atom. The van der Waals surface area contributed by atoms with Crippen LogP contribution in [0.25, 0.3) is 11.3 Å². The minimum absolute atomic E-state index is 0.420. The second kappa shape index (κ2) is 8.40. The maximum absolute atomic E-state index is 6.26. The van der Waals surface area contributed by atoms with E-state index in [1.54, 1.807) is 20.3 Å². The van der Waals surface area contributed by atoms with Gasteiger partial charge in [0.1, 0.15) is 0 Å². The topological polar surface area (TPSA) is 78.4 Å². The molecule has 1 aromatic heterocycles. The number of nitrogens with one attached hydrogen (secondary N) is 1. The summed E-state index contributed by atoms with van der Waals surface area (Å²) in [5.41, 5.74) is 3.22. The van der Waals surface area contributed by atoms with Crippen molar-refractivity contribution in [2.45, 2.75) is 11.4 Å². The average Bonchev–Trinajstić information content (AvgIpc) is 2.93. The van der Waals surface area contributed by atoms with Gasteiger partial charge in [-0.2, -0.15) is 4.98 Å². The van der Waals surface area contributed by atoms with Gasteiger partial charge in [-0.3, -0.25) is 0 Å². The van der Waals surface area contributed by atoms with Gasteiger partial charge >= 0.3 is 0 Å². The molecule has 7 nitrogen and oxygen atoms in total. The number of benzene rings is 2. The molecule has 0 spiro atoms. The fourth-order valence-electron chi connectivity index (χ4n) is 3.01. The highest BCUT2D eigenvalue weighted by Crippen LogP contribution is 2.40. The number of fused-ring (bicyclic) bond motifs is 3. The largest absolute Gasteiger partial charge is 0.493 e. The summed E-state index contributed by atoms with van der Waals surface area (Å²) >= 11 is 1.45. The maximum Gasteiger partial charge on any atom is 0.247 e. The Balaban J connectivity index is 1.78. The second-order valence-corrected chi connectivity index (χ2v) is 7.14. The van der Waals surface area contributed by atoms with E-state index in [2.05, 4.69) is 27.1 Å². The van der Waals surface area contributed by atoms with E-state index >= 15 is 0 Å². The Kier molecular flexibility index (Phi) is 5.53. The van der Waals surface area contributed by atoms with Crippen molar-refractivity contribution in [2.24, 2.45) is 0 Å². The minimum Gasteiger partial charge on any atom is -0.493 e. The Morgan fingerprint density at radius 2 is 1.97 bits per heavy atom. The van der Waals surface area contributed by atoms with Gasteiger partial charge in [-0.05, 0) is 24.3 Å². The van der Waals surface area contributed by atoms with Crippen molar-refractivity contribution in [1.29, 1.82) is 0 Å². The molecule has 0 radical (unpaired) electrons. The first-order valence-corrected chi connectivity index (χ1v) is 9.95. The lowest BCUT2D eigenvalue weighted by atomic mass is 10.1. The summed E-state index contributed by atoms with van der Waals surface area (Å²) in [6.45, 7) is 3.73. The summed E-state index contributed by atoms with van der Waals surface area (Å²) < 4.78 is 17.0. The van der Waals surface area contributed by atoms with E-state index in [1.807, 2.05) is 42.5 Å². The van der Waals surface area contributed by atoms with Crippen molar-refractivity contribution in [3.05, 3.63) is 60.7 Å². The highest BCUT2D eigenvalue weighted by molar-refractivity contribution is 7.99. The first-order chi connectivity index (χ1) is 14.2. The minimum atomic E-state index is -0.494. The molecule has 8 heteroatoms. The molecular weight excluding hydrogens is 388 g/mol. The van der Waals surface area contributed by atoms with Crippen molar-refractivity contribution in [3.8, 4) is 28.6 Å². The number of hydrogen-bond acceptors (Lipinski definition) is 8. The van der Waals surface area contributed by atoms with Crippen LogP contribution in [0.3, 0.4) is 0 Å². The molecule has 148 valence electrons. The first kappa shape index (κ1) is 19.1. The van der Waals surface area contributed by atoms with Gasteiger partial charge in [0, 0.05) is 22.6 Å². The van der Waals surface area contributed by atoms with Gasteiger partial charge < -0.3 is 19.5 Å². The molecule has 0 amide bonds. The Morgan fingerprint density at radius 3 is 2.76 bits per heavy atom. The smallest absolute Gasteiger partial charge is 0.247 e. The van der Waals surface area contributed by atoms with E-state index in [4.69, 9.17) is 14.2 Å². The zero-order valence-electron chi connectivity index (χ0n) is 16.1. The Labute approximate surface area is 173 Å². The predicted octanol–water partition coefficient (Wildman–Crippen LogP) is 4.34. The zero-order valence-corrected chi connectivity index (χ0v) is 16.9. The van der Waals surface area contributed by atoms with Crippen LogP contribution in [0.4, 0.5) is 5.69 Å². The van der Waals surface area contributed by atoms with Crippen molar-refractivity contribution >= 4 is 17.4 Å². The molecule has 29 heavy (non-hydrogen) atoms. The van der Waals surface area contributed by atoms with Crippen LogP contribution in [-0.4, -0.2) is 35.2 Å². The lowest BCUT2D eigenvalue weighted by Crippen LogP contribution is -2.17. The Bertz CT molecular complexity index is 1040. The van der Waals surface area contributed by atoms with Crippen LogP contribution in [-0.2, 0) is 0 Å². The van der Waals surface area contributed by atoms with Gasteiger partial charge in [-0.1, -0.05) is 36.0 Å². The summed E-state index contributed by atoms with van der Waals surface area (Å²) in [7, 11) is 3.21. The third-order valence-corrected chi connectivity index (χ3v) is 5.21. The monoisotopic (exact) mass is 408 g/mol.